The van der Waals surface area contributed by atoms with Crippen LogP contribution in [0.25, 0.3) is 11.6 Å². The Morgan fingerprint density at radius 1 is 1.23 bits per heavy atom. The van der Waals surface area contributed by atoms with Gasteiger partial charge >= 0.3 is 11.9 Å². The number of hydrogen-bond acceptors (Lipinski definition) is 8. The summed E-state index contributed by atoms with van der Waals surface area (Å²) in [6.45, 7) is 11.1. The Labute approximate surface area is 229 Å². The van der Waals surface area contributed by atoms with Gasteiger partial charge < -0.3 is 30.7 Å². The highest BCUT2D eigenvalue weighted by Gasteiger charge is 2.35. The summed E-state index contributed by atoms with van der Waals surface area (Å²) >= 11 is 0. The number of fused-ring (bicyclic) bond motifs is 1. The lowest BCUT2D eigenvalue weighted by atomic mass is 10.0. The van der Waals surface area contributed by atoms with Crippen LogP contribution in [0.2, 0.25) is 0 Å². The molecule has 0 spiro atoms. The Bertz CT molecular complexity index is 1300. The zero-order chi connectivity index (χ0) is 30.2. The van der Waals surface area contributed by atoms with Crippen LogP contribution in [-0.2, 0) is 19.3 Å². The number of carbonyl (C=O) groups is 4. The van der Waals surface area contributed by atoms with Crippen molar-refractivity contribution in [1.29, 1.82) is 0 Å². The van der Waals surface area contributed by atoms with Crippen LogP contribution in [0, 0.1) is 19.7 Å². The predicted molar refractivity (Wildman–Crippen MR) is 142 cm³/mol. The average Bonchev–Trinajstić information content (AvgIpc) is 3.35. The summed E-state index contributed by atoms with van der Waals surface area (Å²) in [6, 6.07) is 4.20. The monoisotopic (exact) mass is 565 g/mol. The third-order valence-electron chi connectivity index (χ3n) is 6.23. The van der Waals surface area contributed by atoms with E-state index in [1.807, 2.05) is 13.8 Å². The van der Waals surface area contributed by atoms with Crippen molar-refractivity contribution >= 4 is 41.1 Å². The molecule has 1 aliphatic rings. The number of amides is 2. The number of nitrogens with zero attached hydrogens (tertiary/aromatic N) is 1. The minimum Gasteiger partial charge on any atom is -0.478 e. The Kier molecular flexibility index (Phi) is 11.0. The number of aliphatic carboxylic acids is 1. The molecule has 2 aromatic rings. The van der Waals surface area contributed by atoms with Crippen LogP contribution in [0.4, 0.5) is 14.6 Å². The van der Waals surface area contributed by atoms with E-state index >= 15 is 0 Å². The maximum atomic E-state index is 13.7. The van der Waals surface area contributed by atoms with Crippen molar-refractivity contribution in [2.45, 2.75) is 39.8 Å². The molecule has 0 radical (unpaired) electrons. The fourth-order valence-electron chi connectivity index (χ4n) is 3.99. The minimum absolute atomic E-state index is 0.143. The molecule has 0 saturated carbocycles. The van der Waals surface area contributed by atoms with E-state index in [9.17, 15) is 28.1 Å². The second kappa shape index (κ2) is 13.8. The number of benzene rings is 1. The first-order valence-electron chi connectivity index (χ1n) is 12.3. The molecule has 2 heterocycles. The number of aromatic amines is 1. The lowest BCUT2D eigenvalue weighted by Gasteiger charge is -2.18. The Morgan fingerprint density at radius 3 is 2.45 bits per heavy atom. The van der Waals surface area contributed by atoms with Gasteiger partial charge in [0, 0.05) is 40.3 Å². The molecule has 3 rings (SSSR count). The highest BCUT2D eigenvalue weighted by molar-refractivity contribution is 6.34. The Balaban J connectivity index is 0.000000432. The maximum Gasteiger partial charge on any atom is 0.353 e. The number of likely N-dealkylation sites (N-methyl/N-ethyl adjacent to an activating group) is 1. The van der Waals surface area contributed by atoms with Crippen molar-refractivity contribution in [3.05, 3.63) is 52.1 Å². The largest absolute Gasteiger partial charge is 0.478 e. The smallest absolute Gasteiger partial charge is 0.353 e. The molecule has 2 amide bonds. The molecule has 1 unspecified atom stereocenters. The highest BCUT2D eigenvalue weighted by Crippen LogP contribution is 2.34. The molecule has 0 saturated heterocycles. The molecule has 1 aliphatic heterocycles. The van der Waals surface area contributed by atoms with E-state index in [1.165, 1.54) is 12.1 Å². The van der Waals surface area contributed by atoms with Crippen molar-refractivity contribution in [3.8, 4) is 0 Å². The molecule has 1 aromatic carbocycles. The van der Waals surface area contributed by atoms with E-state index in [0.717, 1.165) is 30.9 Å². The van der Waals surface area contributed by atoms with Crippen LogP contribution in [0.1, 0.15) is 53.1 Å². The lowest BCUT2D eigenvalue weighted by Crippen LogP contribution is -2.49. The van der Waals surface area contributed by atoms with Crippen molar-refractivity contribution in [1.82, 2.24) is 15.2 Å². The average molecular weight is 566 g/mol. The summed E-state index contributed by atoms with van der Waals surface area (Å²) < 4.78 is 24.6. The molecule has 1 atom stereocenters. The number of nitrogens with one attached hydrogen (secondary N) is 3. The summed E-state index contributed by atoms with van der Waals surface area (Å²) in [6.07, 6.45) is 0.536. The first-order valence-corrected chi connectivity index (χ1v) is 12.3. The van der Waals surface area contributed by atoms with Crippen LogP contribution >= 0.6 is 0 Å². The summed E-state index contributed by atoms with van der Waals surface area (Å²) in [5.41, 5.74) is 6.05. The third kappa shape index (κ3) is 7.94. The second-order valence-corrected chi connectivity index (χ2v) is 9.00. The minimum atomic E-state index is -2.77. The van der Waals surface area contributed by atoms with Crippen LogP contribution in [0.15, 0.2) is 18.2 Å². The number of nitrogens with two attached hydrogens (primary N) is 1. The number of carboxylic acid groups (broad SMARTS) is 1. The van der Waals surface area contributed by atoms with Gasteiger partial charge in [-0.15, -0.1) is 0 Å². The molecule has 218 valence electrons. The van der Waals surface area contributed by atoms with Gasteiger partial charge in [-0.25, -0.2) is 14.0 Å². The van der Waals surface area contributed by atoms with Gasteiger partial charge in [0.2, 0.25) is 5.72 Å². The Morgan fingerprint density at radius 2 is 1.88 bits per heavy atom. The van der Waals surface area contributed by atoms with Gasteiger partial charge in [0.25, 0.3) is 11.8 Å². The van der Waals surface area contributed by atoms with E-state index in [0.29, 0.717) is 34.6 Å². The maximum absolute atomic E-state index is 13.7. The van der Waals surface area contributed by atoms with E-state index in [4.69, 9.17) is 10.2 Å². The number of aryl methyl sites for hydroxylation is 1. The van der Waals surface area contributed by atoms with Crippen LogP contribution in [0.3, 0.4) is 0 Å². The van der Waals surface area contributed by atoms with Crippen LogP contribution in [0.5, 0.6) is 0 Å². The third-order valence-corrected chi connectivity index (χ3v) is 6.23. The molecule has 40 heavy (non-hydrogen) atoms. The van der Waals surface area contributed by atoms with Crippen molar-refractivity contribution in [2.75, 3.05) is 31.5 Å². The van der Waals surface area contributed by atoms with E-state index in [2.05, 4.69) is 45.0 Å². The number of rotatable bonds is 10. The van der Waals surface area contributed by atoms with Gasteiger partial charge in [-0.3, -0.25) is 20.3 Å². The fraction of sp³-hybridized carbons (Fsp3) is 0.385. The lowest BCUT2D eigenvalue weighted by molar-refractivity contribution is -0.192. The molecule has 0 fully saturated rings. The van der Waals surface area contributed by atoms with E-state index in [1.54, 1.807) is 12.1 Å². The SMILES string of the molecule is CCN(CC)CCNC(=O)c1c(C)[nH]c(/C=C2\C(=O)Nc3ccc(F)cc32)c1C.NC(O)(CC(=O)OF)C(=O)O. The first kappa shape index (κ1) is 32.1. The van der Waals surface area contributed by atoms with Gasteiger partial charge in [0.1, 0.15) is 12.2 Å². The van der Waals surface area contributed by atoms with Crippen LogP contribution in [-0.4, -0.2) is 75.8 Å². The van der Waals surface area contributed by atoms with Gasteiger partial charge in [0.15, 0.2) is 0 Å². The quantitative estimate of drug-likeness (QED) is 0.185. The molecular formula is C26H33F2N5O7. The van der Waals surface area contributed by atoms with Gasteiger partial charge in [0.05, 0.1) is 11.1 Å². The summed E-state index contributed by atoms with van der Waals surface area (Å²) in [5, 5.41) is 22.4. The van der Waals surface area contributed by atoms with Gasteiger partial charge in [-0.2, -0.15) is 0 Å². The summed E-state index contributed by atoms with van der Waals surface area (Å²) in [7, 11) is 0. The molecule has 7 N–H and O–H groups in total. The van der Waals surface area contributed by atoms with Crippen molar-refractivity contribution in [3.63, 3.8) is 0 Å². The predicted octanol–water partition coefficient (Wildman–Crippen LogP) is 1.87. The van der Waals surface area contributed by atoms with Crippen molar-refractivity contribution < 1.29 is 43.2 Å². The summed E-state index contributed by atoms with van der Waals surface area (Å²) in [5.74, 6) is -4.21. The Hall–Kier alpha value is -4.14. The molecule has 0 aliphatic carbocycles. The standard InChI is InChI=1S/C22H27FN4O2.C4H6FNO5/c1-5-27(6-2)10-9-24-22(29)20-13(3)19(25-14(20)4)12-17-16-11-15(23)7-8-18(16)26-21(17)28;5-11-2(7)1-4(6,10)3(8)9/h7-8,11-12,25H,5-6,9-10H2,1-4H3,(H,24,29)(H,26,28);10H,1,6H2,(H,8,9)/b17-12-;. The number of aromatic nitrogens is 1. The molecule has 0 bridgehead atoms. The zero-order valence-electron chi connectivity index (χ0n) is 22.6. The molecule has 12 nitrogen and oxygen atoms in total. The van der Waals surface area contributed by atoms with E-state index < -0.39 is 29.9 Å². The number of halogens is 2. The summed E-state index contributed by atoms with van der Waals surface area (Å²) in [4.78, 5) is 53.1. The number of carboxylic acids is 1. The number of H-pyrrole nitrogens is 1. The van der Waals surface area contributed by atoms with Gasteiger partial charge in [-0.05, 0) is 56.8 Å². The first-order chi connectivity index (χ1) is 18.7. The topological polar surface area (TPSA) is 187 Å². The second-order valence-electron chi connectivity index (χ2n) is 9.00. The number of hydrogen-bond donors (Lipinski definition) is 6. The van der Waals surface area contributed by atoms with Crippen molar-refractivity contribution in [2.24, 2.45) is 5.73 Å². The number of aliphatic hydroxyl groups is 1. The number of carbonyl (C=O) groups excluding carboxylic acids is 3. The normalized spacial score (nSPS) is 14.6. The highest BCUT2D eigenvalue weighted by atomic mass is 19.3. The molecule has 14 heteroatoms. The zero-order valence-corrected chi connectivity index (χ0v) is 22.6. The van der Waals surface area contributed by atoms with E-state index in [-0.39, 0.29) is 11.8 Å². The fourth-order valence-corrected chi connectivity index (χ4v) is 3.99. The number of anilines is 1. The molecule has 1 aromatic heterocycles. The molecular weight excluding hydrogens is 532 g/mol. The van der Waals surface area contributed by atoms with Gasteiger partial charge in [-0.1, -0.05) is 13.8 Å². The van der Waals surface area contributed by atoms with Crippen LogP contribution < -0.4 is 16.4 Å².